The molecule has 3 heterocycles. The topological polar surface area (TPSA) is 100 Å². The van der Waals surface area contributed by atoms with Gasteiger partial charge >= 0.3 is 0 Å². The highest BCUT2D eigenvalue weighted by atomic mass is 16.2. The first-order valence-corrected chi connectivity index (χ1v) is 12.5. The third-order valence-corrected chi connectivity index (χ3v) is 6.62. The van der Waals surface area contributed by atoms with E-state index in [-0.39, 0.29) is 17.9 Å². The van der Waals surface area contributed by atoms with E-state index in [0.717, 1.165) is 47.5 Å². The number of amides is 2. The number of anilines is 3. The van der Waals surface area contributed by atoms with Crippen molar-refractivity contribution in [2.24, 2.45) is 0 Å². The van der Waals surface area contributed by atoms with Gasteiger partial charge in [0, 0.05) is 47.6 Å². The van der Waals surface area contributed by atoms with Gasteiger partial charge in [-0.3, -0.25) is 14.6 Å². The van der Waals surface area contributed by atoms with Crippen LogP contribution in [0.2, 0.25) is 0 Å². The number of carbonyl (C=O) groups excluding carboxylic acids is 2. The molecule has 1 saturated heterocycles. The zero-order chi connectivity index (χ0) is 26.5. The molecule has 0 bridgehead atoms. The van der Waals surface area contributed by atoms with Crippen LogP contribution in [-0.2, 0) is 4.79 Å². The molecule has 4 aromatic rings. The van der Waals surface area contributed by atoms with Gasteiger partial charge in [-0.15, -0.1) is 0 Å². The number of aryl methyl sites for hydroxylation is 1. The van der Waals surface area contributed by atoms with Crippen molar-refractivity contribution >= 4 is 29.1 Å². The fourth-order valence-corrected chi connectivity index (χ4v) is 4.60. The largest absolute Gasteiger partial charge is 0.332 e. The molecule has 2 aromatic heterocycles. The Hall–Kier alpha value is -4.85. The second-order valence-corrected chi connectivity index (χ2v) is 9.13. The minimum atomic E-state index is -0.216. The van der Waals surface area contributed by atoms with Gasteiger partial charge in [0.25, 0.3) is 5.91 Å². The molecule has 1 aliphatic heterocycles. The Kier molecular flexibility index (Phi) is 7.21. The van der Waals surface area contributed by atoms with E-state index in [1.54, 1.807) is 30.7 Å². The highest BCUT2D eigenvalue weighted by Crippen LogP contribution is 2.32. The first-order chi connectivity index (χ1) is 18.5. The fraction of sp³-hybridized carbons (Fsp3) is 0.167. The van der Waals surface area contributed by atoms with E-state index in [9.17, 15) is 9.59 Å². The van der Waals surface area contributed by atoms with Crippen LogP contribution >= 0.6 is 0 Å². The molecule has 38 heavy (non-hydrogen) atoms. The molecular formula is C30H28N6O2. The van der Waals surface area contributed by atoms with Crippen molar-refractivity contribution in [3.8, 4) is 11.3 Å². The number of nitrogens with one attached hydrogen (secondary N) is 2. The van der Waals surface area contributed by atoms with Crippen molar-refractivity contribution < 1.29 is 9.59 Å². The van der Waals surface area contributed by atoms with E-state index in [1.165, 1.54) is 6.08 Å². The van der Waals surface area contributed by atoms with Gasteiger partial charge in [0.2, 0.25) is 11.9 Å². The van der Waals surface area contributed by atoms with Gasteiger partial charge in [-0.2, -0.15) is 0 Å². The maximum Gasteiger partial charge on any atom is 0.255 e. The average molecular weight is 505 g/mol. The molecule has 0 spiro atoms. The van der Waals surface area contributed by atoms with Crippen LogP contribution in [0.5, 0.6) is 0 Å². The van der Waals surface area contributed by atoms with E-state index >= 15 is 0 Å². The molecule has 8 nitrogen and oxygen atoms in total. The number of likely N-dealkylation sites (tertiary alicyclic amines) is 1. The molecule has 2 amide bonds. The summed E-state index contributed by atoms with van der Waals surface area (Å²) in [6.07, 6.45) is 8.38. The van der Waals surface area contributed by atoms with Crippen molar-refractivity contribution in [2.45, 2.75) is 25.8 Å². The van der Waals surface area contributed by atoms with Gasteiger partial charge in [0.1, 0.15) is 0 Å². The summed E-state index contributed by atoms with van der Waals surface area (Å²) >= 11 is 0. The summed E-state index contributed by atoms with van der Waals surface area (Å²) < 4.78 is 0. The molecule has 1 atom stereocenters. The van der Waals surface area contributed by atoms with E-state index in [4.69, 9.17) is 0 Å². The summed E-state index contributed by atoms with van der Waals surface area (Å²) in [5, 5.41) is 6.23. The maximum absolute atomic E-state index is 13.0. The minimum Gasteiger partial charge on any atom is -0.332 e. The summed E-state index contributed by atoms with van der Waals surface area (Å²) in [5.74, 6) is 0.170. The number of hydrogen-bond donors (Lipinski definition) is 2. The second-order valence-electron chi connectivity index (χ2n) is 9.13. The summed E-state index contributed by atoms with van der Waals surface area (Å²) in [4.78, 5) is 40.1. The second kappa shape index (κ2) is 11.0. The van der Waals surface area contributed by atoms with Crippen LogP contribution in [0.1, 0.15) is 40.4 Å². The minimum absolute atomic E-state index is 0.0159. The van der Waals surface area contributed by atoms with Crippen LogP contribution in [0.4, 0.5) is 17.3 Å². The fourth-order valence-electron chi connectivity index (χ4n) is 4.60. The Balaban J connectivity index is 1.28. The van der Waals surface area contributed by atoms with Crippen LogP contribution in [-0.4, -0.2) is 38.2 Å². The molecule has 1 aliphatic rings. The molecule has 0 aliphatic carbocycles. The number of benzene rings is 2. The molecule has 0 saturated carbocycles. The molecule has 8 heteroatoms. The SMILES string of the molecule is C=CC(=O)N1CCCC1c1ccc(C(=O)Nc2ccc(C)c(Nc3nccc(-c4cccnc4)n3)c2)cc1. The van der Waals surface area contributed by atoms with Crippen molar-refractivity contribution in [1.29, 1.82) is 0 Å². The summed E-state index contributed by atoms with van der Waals surface area (Å²) in [6, 6.07) is 18.7. The summed E-state index contributed by atoms with van der Waals surface area (Å²) in [7, 11) is 0. The number of nitrogens with zero attached hydrogens (tertiary/aromatic N) is 4. The molecule has 2 aromatic carbocycles. The van der Waals surface area contributed by atoms with E-state index in [2.05, 4.69) is 32.2 Å². The summed E-state index contributed by atoms with van der Waals surface area (Å²) in [6.45, 7) is 6.30. The molecule has 5 rings (SSSR count). The Labute approximate surface area is 221 Å². The first kappa shape index (κ1) is 24.8. The maximum atomic E-state index is 13.0. The lowest BCUT2D eigenvalue weighted by molar-refractivity contribution is -0.126. The van der Waals surface area contributed by atoms with Crippen LogP contribution in [0.15, 0.2) is 91.9 Å². The average Bonchev–Trinajstić information content (AvgIpc) is 3.45. The van der Waals surface area contributed by atoms with Gasteiger partial charge in [0.05, 0.1) is 11.7 Å². The normalized spacial score (nSPS) is 14.7. The summed E-state index contributed by atoms with van der Waals surface area (Å²) in [5.41, 5.74) is 5.63. The molecular weight excluding hydrogens is 476 g/mol. The lowest BCUT2D eigenvalue weighted by atomic mass is 10.0. The lowest BCUT2D eigenvalue weighted by Gasteiger charge is -2.23. The zero-order valence-electron chi connectivity index (χ0n) is 21.1. The Bertz CT molecular complexity index is 1470. The smallest absolute Gasteiger partial charge is 0.255 e. The number of hydrogen-bond acceptors (Lipinski definition) is 6. The van der Waals surface area contributed by atoms with Crippen LogP contribution in [0.25, 0.3) is 11.3 Å². The van der Waals surface area contributed by atoms with Crippen LogP contribution < -0.4 is 10.6 Å². The third kappa shape index (κ3) is 5.44. The number of rotatable bonds is 7. The van der Waals surface area contributed by atoms with Crippen molar-refractivity contribution in [3.63, 3.8) is 0 Å². The van der Waals surface area contributed by atoms with Gasteiger partial charge in [-0.25, -0.2) is 9.97 Å². The van der Waals surface area contributed by atoms with Gasteiger partial charge < -0.3 is 15.5 Å². The number of pyridine rings is 1. The third-order valence-electron chi connectivity index (χ3n) is 6.62. The van der Waals surface area contributed by atoms with E-state index in [1.807, 2.05) is 60.4 Å². The van der Waals surface area contributed by atoms with Gasteiger partial charge in [0.15, 0.2) is 0 Å². The Morgan fingerprint density at radius 2 is 1.92 bits per heavy atom. The van der Waals surface area contributed by atoms with Crippen LogP contribution in [0.3, 0.4) is 0 Å². The molecule has 190 valence electrons. The quantitative estimate of drug-likeness (QED) is 0.314. The monoisotopic (exact) mass is 504 g/mol. The van der Waals surface area contributed by atoms with E-state index < -0.39 is 0 Å². The van der Waals surface area contributed by atoms with Gasteiger partial charge in [-0.05, 0) is 79.4 Å². The zero-order valence-corrected chi connectivity index (χ0v) is 21.1. The highest BCUT2D eigenvalue weighted by Gasteiger charge is 2.28. The number of carbonyl (C=O) groups is 2. The standard InChI is InChI=1S/C30H28N6O2/c1-3-28(37)36-17-5-7-27(36)21-9-11-22(12-10-21)29(38)33-24-13-8-20(2)26(18-24)35-30-32-16-14-25(34-30)23-6-4-15-31-19-23/h3-4,6,8-16,18-19,27H,1,5,7,17H2,2H3,(H,33,38)(H,32,34,35). The molecule has 0 radical (unpaired) electrons. The van der Waals surface area contributed by atoms with Crippen LogP contribution in [0, 0.1) is 6.92 Å². The molecule has 1 fully saturated rings. The molecule has 2 N–H and O–H groups in total. The van der Waals surface area contributed by atoms with Crippen molar-refractivity contribution in [2.75, 3.05) is 17.2 Å². The highest BCUT2D eigenvalue weighted by molar-refractivity contribution is 6.04. The first-order valence-electron chi connectivity index (χ1n) is 12.5. The Morgan fingerprint density at radius 3 is 2.68 bits per heavy atom. The van der Waals surface area contributed by atoms with Crippen molar-refractivity contribution in [1.82, 2.24) is 19.9 Å². The lowest BCUT2D eigenvalue weighted by Crippen LogP contribution is -2.28. The van der Waals surface area contributed by atoms with Crippen molar-refractivity contribution in [3.05, 3.63) is 109 Å². The predicted octanol–water partition coefficient (Wildman–Crippen LogP) is 5.69. The van der Waals surface area contributed by atoms with E-state index in [0.29, 0.717) is 17.2 Å². The number of aromatic nitrogens is 3. The molecule has 1 unspecified atom stereocenters. The van der Waals surface area contributed by atoms with Gasteiger partial charge in [-0.1, -0.05) is 24.8 Å². The predicted molar refractivity (Wildman–Crippen MR) is 148 cm³/mol. The Morgan fingerprint density at radius 1 is 1.08 bits per heavy atom.